The molecule has 118 valence electrons. The van der Waals surface area contributed by atoms with Crippen LogP contribution in [0.4, 0.5) is 4.39 Å². The van der Waals surface area contributed by atoms with Crippen LogP contribution in [0.15, 0.2) is 12.3 Å². The Labute approximate surface area is 126 Å². The molecule has 0 aliphatic carbocycles. The van der Waals surface area contributed by atoms with Crippen LogP contribution in [0.5, 0.6) is 5.75 Å². The number of ether oxygens (including phenoxy) is 1. The smallest absolute Gasteiger partial charge is 0.186 e. The fourth-order valence-electron chi connectivity index (χ4n) is 1.82. The minimum Gasteiger partial charge on any atom is -0.489 e. The summed E-state index contributed by atoms with van der Waals surface area (Å²) in [6.07, 6.45) is 3.15. The third kappa shape index (κ3) is 5.82. The van der Waals surface area contributed by atoms with Gasteiger partial charge in [-0.25, -0.2) is 9.37 Å². The predicted octanol–water partition coefficient (Wildman–Crippen LogP) is 4.65. The summed E-state index contributed by atoms with van der Waals surface area (Å²) < 4.78 is 19.3. The lowest BCUT2D eigenvalue weighted by atomic mass is 9.89. The molecule has 0 atom stereocenters. The van der Waals surface area contributed by atoms with E-state index in [1.807, 2.05) is 0 Å². The van der Waals surface area contributed by atoms with E-state index in [1.165, 1.54) is 6.20 Å². The molecule has 0 fully saturated rings. The molecule has 0 spiro atoms. The van der Waals surface area contributed by atoms with E-state index < -0.39 is 11.2 Å². The SMILES string of the molecule is CC(C)(C)CCCOc1cnc(C(=O)C(C)(C)C)cc1F. The van der Waals surface area contributed by atoms with Crippen LogP contribution in [-0.4, -0.2) is 17.4 Å². The highest BCUT2D eigenvalue weighted by atomic mass is 19.1. The molecule has 1 aromatic heterocycles. The largest absolute Gasteiger partial charge is 0.489 e. The Morgan fingerprint density at radius 3 is 2.33 bits per heavy atom. The van der Waals surface area contributed by atoms with Crippen molar-refractivity contribution < 1.29 is 13.9 Å². The lowest BCUT2D eigenvalue weighted by Crippen LogP contribution is -2.21. The zero-order valence-corrected chi connectivity index (χ0v) is 13.9. The first kappa shape index (κ1) is 17.6. The zero-order valence-electron chi connectivity index (χ0n) is 13.9. The van der Waals surface area contributed by atoms with E-state index in [4.69, 9.17) is 4.74 Å². The number of nitrogens with zero attached hydrogens (tertiary/aromatic N) is 1. The van der Waals surface area contributed by atoms with Crippen LogP contribution in [-0.2, 0) is 0 Å². The van der Waals surface area contributed by atoms with Crippen molar-refractivity contribution in [3.05, 3.63) is 23.8 Å². The fourth-order valence-corrected chi connectivity index (χ4v) is 1.82. The number of hydrogen-bond donors (Lipinski definition) is 0. The molecule has 4 heteroatoms. The molecular formula is C17H26FNO2. The van der Waals surface area contributed by atoms with Gasteiger partial charge >= 0.3 is 0 Å². The lowest BCUT2D eigenvalue weighted by Gasteiger charge is -2.18. The molecule has 0 unspecified atom stereocenters. The molecule has 1 aromatic rings. The van der Waals surface area contributed by atoms with Gasteiger partial charge < -0.3 is 4.74 Å². The summed E-state index contributed by atoms with van der Waals surface area (Å²) in [7, 11) is 0. The van der Waals surface area contributed by atoms with Gasteiger partial charge in [-0.15, -0.1) is 0 Å². The number of hydrogen-bond acceptors (Lipinski definition) is 3. The van der Waals surface area contributed by atoms with Crippen LogP contribution >= 0.6 is 0 Å². The molecule has 1 heterocycles. The maximum Gasteiger partial charge on any atom is 0.186 e. The Balaban J connectivity index is 2.65. The number of halogens is 1. The second-order valence-electron chi connectivity index (χ2n) is 7.59. The Bertz CT molecular complexity index is 498. The molecule has 0 aliphatic rings. The van der Waals surface area contributed by atoms with Gasteiger partial charge in [0.1, 0.15) is 5.69 Å². The fraction of sp³-hybridized carbons (Fsp3) is 0.647. The number of carbonyl (C=O) groups excluding carboxylic acids is 1. The monoisotopic (exact) mass is 295 g/mol. The van der Waals surface area contributed by atoms with Crippen LogP contribution in [0.3, 0.4) is 0 Å². The van der Waals surface area contributed by atoms with E-state index in [2.05, 4.69) is 25.8 Å². The molecule has 21 heavy (non-hydrogen) atoms. The van der Waals surface area contributed by atoms with Crippen molar-refractivity contribution in [1.82, 2.24) is 4.98 Å². The predicted molar refractivity (Wildman–Crippen MR) is 82.2 cm³/mol. The quantitative estimate of drug-likeness (QED) is 0.586. The summed E-state index contributed by atoms with van der Waals surface area (Å²) in [4.78, 5) is 16.0. The normalized spacial score (nSPS) is 12.3. The number of rotatable bonds is 5. The number of ketones is 1. The van der Waals surface area contributed by atoms with Crippen molar-refractivity contribution in [3.8, 4) is 5.75 Å². The molecule has 0 aliphatic heterocycles. The van der Waals surface area contributed by atoms with E-state index in [0.29, 0.717) is 6.61 Å². The maximum atomic E-state index is 13.9. The maximum absolute atomic E-state index is 13.9. The van der Waals surface area contributed by atoms with Crippen molar-refractivity contribution >= 4 is 5.78 Å². The highest BCUT2D eigenvalue weighted by Gasteiger charge is 2.25. The molecule has 0 amide bonds. The van der Waals surface area contributed by atoms with Crippen LogP contribution in [0, 0.1) is 16.6 Å². The summed E-state index contributed by atoms with van der Waals surface area (Å²) >= 11 is 0. The summed E-state index contributed by atoms with van der Waals surface area (Å²) in [6, 6.07) is 1.16. The second kappa shape index (κ2) is 6.54. The summed E-state index contributed by atoms with van der Waals surface area (Å²) in [6.45, 7) is 12.3. The van der Waals surface area contributed by atoms with Crippen molar-refractivity contribution in [1.29, 1.82) is 0 Å². The minimum atomic E-state index is -0.575. The highest BCUT2D eigenvalue weighted by molar-refractivity contribution is 5.98. The number of pyridine rings is 1. The van der Waals surface area contributed by atoms with Crippen LogP contribution in [0.25, 0.3) is 0 Å². The third-order valence-electron chi connectivity index (χ3n) is 3.06. The lowest BCUT2D eigenvalue weighted by molar-refractivity contribution is 0.0852. The first-order valence-corrected chi connectivity index (χ1v) is 7.34. The molecule has 0 saturated heterocycles. The van der Waals surface area contributed by atoms with Crippen LogP contribution in [0.2, 0.25) is 0 Å². The van der Waals surface area contributed by atoms with Crippen molar-refractivity contribution in [2.45, 2.75) is 54.4 Å². The van der Waals surface area contributed by atoms with E-state index in [0.717, 1.165) is 18.9 Å². The summed E-state index contributed by atoms with van der Waals surface area (Å²) in [5, 5.41) is 0. The second-order valence-corrected chi connectivity index (χ2v) is 7.59. The van der Waals surface area contributed by atoms with Gasteiger partial charge in [0.05, 0.1) is 12.8 Å². The van der Waals surface area contributed by atoms with Crippen molar-refractivity contribution in [2.75, 3.05) is 6.61 Å². The zero-order chi connectivity index (χ0) is 16.3. The number of carbonyl (C=O) groups is 1. The molecule has 0 bridgehead atoms. The van der Waals surface area contributed by atoms with Gasteiger partial charge in [-0.2, -0.15) is 0 Å². The van der Waals surface area contributed by atoms with E-state index in [-0.39, 0.29) is 22.6 Å². The van der Waals surface area contributed by atoms with Gasteiger partial charge in [-0.1, -0.05) is 41.5 Å². The third-order valence-corrected chi connectivity index (χ3v) is 3.06. The molecule has 0 N–H and O–H groups in total. The van der Waals surface area contributed by atoms with Gasteiger partial charge in [-0.3, -0.25) is 4.79 Å². The Morgan fingerprint density at radius 1 is 1.24 bits per heavy atom. The topological polar surface area (TPSA) is 39.2 Å². The minimum absolute atomic E-state index is 0.106. The standard InChI is InChI=1S/C17H26FNO2/c1-16(2,3)8-7-9-21-14-11-19-13(10-12(14)18)15(20)17(4,5)6/h10-11H,7-9H2,1-6H3. The van der Waals surface area contributed by atoms with Gasteiger partial charge in [-0.05, 0) is 18.3 Å². The molecule has 0 saturated carbocycles. The van der Waals surface area contributed by atoms with Crippen molar-refractivity contribution in [3.63, 3.8) is 0 Å². The average Bonchev–Trinajstić information content (AvgIpc) is 2.32. The molecule has 1 rings (SSSR count). The number of Topliss-reactive ketones (excluding diaryl/α,β-unsaturated/α-hetero) is 1. The van der Waals surface area contributed by atoms with Gasteiger partial charge in [0, 0.05) is 11.5 Å². The van der Waals surface area contributed by atoms with E-state index in [1.54, 1.807) is 20.8 Å². The molecular weight excluding hydrogens is 269 g/mol. The summed E-state index contributed by atoms with van der Waals surface area (Å²) in [5.41, 5.74) is -0.195. The number of aromatic nitrogens is 1. The highest BCUT2D eigenvalue weighted by Crippen LogP contribution is 2.24. The van der Waals surface area contributed by atoms with E-state index in [9.17, 15) is 9.18 Å². The first-order chi connectivity index (χ1) is 9.50. The van der Waals surface area contributed by atoms with Crippen LogP contribution in [0.1, 0.15) is 64.9 Å². The van der Waals surface area contributed by atoms with Crippen molar-refractivity contribution in [2.24, 2.45) is 10.8 Å². The first-order valence-electron chi connectivity index (χ1n) is 7.34. The summed E-state index contributed by atoms with van der Waals surface area (Å²) in [5.74, 6) is -0.608. The molecule has 0 radical (unpaired) electrons. The van der Waals surface area contributed by atoms with Gasteiger partial charge in [0.2, 0.25) is 0 Å². The van der Waals surface area contributed by atoms with Crippen LogP contribution < -0.4 is 4.74 Å². The molecule has 3 nitrogen and oxygen atoms in total. The Morgan fingerprint density at radius 2 is 1.86 bits per heavy atom. The Hall–Kier alpha value is -1.45. The van der Waals surface area contributed by atoms with E-state index >= 15 is 0 Å². The van der Waals surface area contributed by atoms with Gasteiger partial charge in [0.15, 0.2) is 17.3 Å². The molecule has 0 aromatic carbocycles. The Kier molecular flexibility index (Phi) is 5.48. The average molecular weight is 295 g/mol. The van der Waals surface area contributed by atoms with Gasteiger partial charge in [0.25, 0.3) is 0 Å².